The first-order chi connectivity index (χ1) is 8.58. The standard InChI is InChI=1S/C12H15NO5/c14-8-6-10(12(16)17)13(7-8)11(15)4-3-9-2-1-5-18-9/h1-2,5,8,10,14H,3-4,6-7H2,(H,16,17)/t8?,10-/m0/s1. The third-order valence-electron chi connectivity index (χ3n) is 3.05. The highest BCUT2D eigenvalue weighted by Gasteiger charge is 2.38. The minimum Gasteiger partial charge on any atom is -0.480 e. The number of likely N-dealkylation sites (tertiary alicyclic amines) is 1. The number of β-amino-alcohol motifs (C(OH)–C–C–N with tert-alkyl or cyclic N) is 1. The second-order valence-corrected chi connectivity index (χ2v) is 4.37. The number of aliphatic hydroxyl groups excluding tert-OH is 1. The van der Waals surface area contributed by atoms with Crippen LogP contribution < -0.4 is 0 Å². The molecule has 0 aromatic carbocycles. The van der Waals surface area contributed by atoms with E-state index in [2.05, 4.69) is 0 Å². The van der Waals surface area contributed by atoms with Crippen molar-refractivity contribution in [3.8, 4) is 0 Å². The molecule has 2 heterocycles. The topological polar surface area (TPSA) is 91.0 Å². The second-order valence-electron chi connectivity index (χ2n) is 4.37. The molecule has 0 saturated carbocycles. The number of hydrogen-bond donors (Lipinski definition) is 2. The van der Waals surface area contributed by atoms with Crippen molar-refractivity contribution in [2.24, 2.45) is 0 Å². The molecule has 1 aromatic rings. The molecule has 0 bridgehead atoms. The fourth-order valence-electron chi connectivity index (χ4n) is 2.15. The van der Waals surface area contributed by atoms with Gasteiger partial charge in [0.25, 0.3) is 0 Å². The molecule has 0 aliphatic carbocycles. The van der Waals surface area contributed by atoms with Crippen LogP contribution in [0.25, 0.3) is 0 Å². The quantitative estimate of drug-likeness (QED) is 0.803. The molecule has 1 saturated heterocycles. The van der Waals surface area contributed by atoms with Crippen molar-refractivity contribution in [1.82, 2.24) is 4.90 Å². The summed E-state index contributed by atoms with van der Waals surface area (Å²) in [6.07, 6.45) is 1.49. The van der Waals surface area contributed by atoms with Gasteiger partial charge < -0.3 is 19.5 Å². The molecule has 18 heavy (non-hydrogen) atoms. The molecule has 0 radical (unpaired) electrons. The van der Waals surface area contributed by atoms with Gasteiger partial charge in [-0.05, 0) is 12.1 Å². The zero-order chi connectivity index (χ0) is 13.1. The molecule has 1 aliphatic heterocycles. The van der Waals surface area contributed by atoms with Crippen molar-refractivity contribution in [2.45, 2.75) is 31.4 Å². The van der Waals surface area contributed by atoms with Gasteiger partial charge in [-0.3, -0.25) is 4.79 Å². The Morgan fingerprint density at radius 1 is 1.50 bits per heavy atom. The van der Waals surface area contributed by atoms with Gasteiger partial charge in [0, 0.05) is 25.8 Å². The van der Waals surface area contributed by atoms with Crippen LogP contribution in [-0.4, -0.2) is 45.7 Å². The van der Waals surface area contributed by atoms with Crippen molar-refractivity contribution in [3.05, 3.63) is 24.2 Å². The van der Waals surface area contributed by atoms with Gasteiger partial charge in [0.05, 0.1) is 12.4 Å². The lowest BCUT2D eigenvalue weighted by molar-refractivity contribution is -0.148. The summed E-state index contributed by atoms with van der Waals surface area (Å²) in [7, 11) is 0. The van der Waals surface area contributed by atoms with E-state index in [0.29, 0.717) is 12.2 Å². The molecule has 2 N–H and O–H groups in total. The third kappa shape index (κ3) is 2.70. The number of carboxylic acid groups (broad SMARTS) is 1. The lowest BCUT2D eigenvalue weighted by Gasteiger charge is -2.20. The predicted molar refractivity (Wildman–Crippen MR) is 60.8 cm³/mol. The van der Waals surface area contributed by atoms with Crippen LogP contribution in [0.5, 0.6) is 0 Å². The Hall–Kier alpha value is -1.82. The first kappa shape index (κ1) is 12.6. The summed E-state index contributed by atoms with van der Waals surface area (Å²) < 4.78 is 5.11. The third-order valence-corrected chi connectivity index (χ3v) is 3.05. The highest BCUT2D eigenvalue weighted by atomic mass is 16.4. The lowest BCUT2D eigenvalue weighted by Crippen LogP contribution is -2.40. The average Bonchev–Trinajstić information content (AvgIpc) is 2.94. The first-order valence-corrected chi connectivity index (χ1v) is 5.80. The molecular weight excluding hydrogens is 238 g/mol. The molecule has 6 nitrogen and oxygen atoms in total. The van der Waals surface area contributed by atoms with E-state index in [-0.39, 0.29) is 25.3 Å². The van der Waals surface area contributed by atoms with Crippen LogP contribution in [0.15, 0.2) is 22.8 Å². The van der Waals surface area contributed by atoms with Crippen LogP contribution in [0.1, 0.15) is 18.6 Å². The number of nitrogens with zero attached hydrogens (tertiary/aromatic N) is 1. The molecule has 1 aromatic heterocycles. The molecule has 1 unspecified atom stereocenters. The van der Waals surface area contributed by atoms with E-state index in [1.54, 1.807) is 12.1 Å². The van der Waals surface area contributed by atoms with Crippen molar-refractivity contribution in [3.63, 3.8) is 0 Å². The zero-order valence-corrected chi connectivity index (χ0v) is 9.78. The van der Waals surface area contributed by atoms with E-state index in [0.717, 1.165) is 0 Å². The van der Waals surface area contributed by atoms with Crippen LogP contribution in [0.4, 0.5) is 0 Å². The molecule has 6 heteroatoms. The van der Waals surface area contributed by atoms with E-state index in [1.807, 2.05) is 0 Å². The van der Waals surface area contributed by atoms with Crippen LogP contribution in [0.3, 0.4) is 0 Å². The van der Waals surface area contributed by atoms with Gasteiger partial charge in [-0.1, -0.05) is 0 Å². The number of aliphatic hydroxyl groups is 1. The van der Waals surface area contributed by atoms with Crippen LogP contribution in [-0.2, 0) is 16.0 Å². The Bertz CT molecular complexity index is 428. The van der Waals surface area contributed by atoms with Gasteiger partial charge in [0.1, 0.15) is 11.8 Å². The smallest absolute Gasteiger partial charge is 0.326 e. The number of hydrogen-bond acceptors (Lipinski definition) is 4. The van der Waals surface area contributed by atoms with Crippen LogP contribution in [0.2, 0.25) is 0 Å². The average molecular weight is 253 g/mol. The fourth-order valence-corrected chi connectivity index (χ4v) is 2.15. The number of carboxylic acids is 1. The molecule has 1 amide bonds. The summed E-state index contributed by atoms with van der Waals surface area (Å²) in [4.78, 5) is 24.1. The molecular formula is C12H15NO5. The summed E-state index contributed by atoms with van der Waals surface area (Å²) in [6, 6.07) is 2.59. The van der Waals surface area contributed by atoms with Crippen molar-refractivity contribution in [2.75, 3.05) is 6.54 Å². The van der Waals surface area contributed by atoms with Gasteiger partial charge in [-0.25, -0.2) is 4.79 Å². The fraction of sp³-hybridized carbons (Fsp3) is 0.500. The maximum atomic E-state index is 11.9. The lowest BCUT2D eigenvalue weighted by atomic mass is 10.2. The van der Waals surface area contributed by atoms with Gasteiger partial charge >= 0.3 is 5.97 Å². The molecule has 2 rings (SSSR count). The Labute approximate surface area is 104 Å². The number of carbonyl (C=O) groups excluding carboxylic acids is 1. The van der Waals surface area contributed by atoms with Crippen molar-refractivity contribution in [1.29, 1.82) is 0 Å². The maximum Gasteiger partial charge on any atom is 0.326 e. The molecule has 98 valence electrons. The maximum absolute atomic E-state index is 11.9. The van der Waals surface area contributed by atoms with Gasteiger partial charge in [0.2, 0.25) is 5.91 Å². The van der Waals surface area contributed by atoms with Gasteiger partial charge in [-0.2, -0.15) is 0 Å². The Kier molecular flexibility index (Phi) is 3.66. The number of rotatable bonds is 4. The predicted octanol–water partition coefficient (Wildman–Crippen LogP) is 0.259. The summed E-state index contributed by atoms with van der Waals surface area (Å²) in [5.41, 5.74) is 0. The van der Waals surface area contributed by atoms with E-state index < -0.39 is 18.1 Å². The van der Waals surface area contributed by atoms with Gasteiger partial charge in [-0.15, -0.1) is 0 Å². The largest absolute Gasteiger partial charge is 0.480 e. The number of aliphatic carboxylic acids is 1. The summed E-state index contributed by atoms with van der Waals surface area (Å²) in [5, 5.41) is 18.4. The van der Waals surface area contributed by atoms with Crippen LogP contribution >= 0.6 is 0 Å². The molecule has 1 aliphatic rings. The number of carbonyl (C=O) groups is 2. The minimum atomic E-state index is -1.07. The van der Waals surface area contributed by atoms with E-state index in [1.165, 1.54) is 11.2 Å². The SMILES string of the molecule is O=C(O)[C@@H]1CC(O)CN1C(=O)CCc1ccco1. The second kappa shape index (κ2) is 5.22. The Morgan fingerprint density at radius 2 is 2.28 bits per heavy atom. The molecule has 2 atom stereocenters. The summed E-state index contributed by atoms with van der Waals surface area (Å²) in [5.74, 6) is -0.650. The monoisotopic (exact) mass is 253 g/mol. The van der Waals surface area contributed by atoms with Crippen LogP contribution in [0, 0.1) is 0 Å². The Balaban J connectivity index is 1.93. The molecule has 1 fully saturated rings. The zero-order valence-electron chi connectivity index (χ0n) is 9.78. The number of furan rings is 1. The van der Waals surface area contributed by atoms with E-state index in [9.17, 15) is 14.7 Å². The van der Waals surface area contributed by atoms with Crippen molar-refractivity contribution < 1.29 is 24.2 Å². The van der Waals surface area contributed by atoms with Gasteiger partial charge in [0.15, 0.2) is 0 Å². The highest BCUT2D eigenvalue weighted by molar-refractivity contribution is 5.84. The first-order valence-electron chi connectivity index (χ1n) is 5.80. The van der Waals surface area contributed by atoms with Crippen molar-refractivity contribution >= 4 is 11.9 Å². The summed E-state index contributed by atoms with van der Waals surface area (Å²) >= 11 is 0. The normalized spacial score (nSPS) is 23.3. The highest BCUT2D eigenvalue weighted by Crippen LogP contribution is 2.19. The van der Waals surface area contributed by atoms with E-state index >= 15 is 0 Å². The summed E-state index contributed by atoms with van der Waals surface area (Å²) in [6.45, 7) is 0.0912. The molecule has 0 spiro atoms. The number of amides is 1. The van der Waals surface area contributed by atoms with E-state index in [4.69, 9.17) is 9.52 Å². The number of aryl methyl sites for hydroxylation is 1. The Morgan fingerprint density at radius 3 is 2.89 bits per heavy atom. The minimum absolute atomic E-state index is 0.0912.